The van der Waals surface area contributed by atoms with Crippen LogP contribution in [0.3, 0.4) is 0 Å². The minimum absolute atomic E-state index is 0.413. The van der Waals surface area contributed by atoms with Crippen LogP contribution in [0.1, 0.15) is 30.3 Å². The number of H-pyrrole nitrogens is 1. The molecular formula is C12H14BrN3S. The molecule has 0 radical (unpaired) electrons. The second-order valence-electron chi connectivity index (χ2n) is 4.39. The van der Waals surface area contributed by atoms with Gasteiger partial charge in [-0.2, -0.15) is 5.10 Å². The highest BCUT2D eigenvalue weighted by molar-refractivity contribution is 9.10. The number of halogens is 1. The first-order valence-corrected chi connectivity index (χ1v) is 7.45. The number of rotatable bonds is 2. The van der Waals surface area contributed by atoms with Crippen LogP contribution in [-0.4, -0.2) is 16.7 Å². The lowest BCUT2D eigenvalue weighted by molar-refractivity contribution is 0.626. The Morgan fingerprint density at radius 3 is 3.06 bits per heavy atom. The largest absolute Gasteiger partial charge is 0.309 e. The quantitative estimate of drug-likeness (QED) is 0.889. The number of thiophene rings is 1. The molecule has 1 saturated heterocycles. The molecule has 1 unspecified atom stereocenters. The van der Waals surface area contributed by atoms with Crippen molar-refractivity contribution in [3.63, 3.8) is 0 Å². The van der Waals surface area contributed by atoms with E-state index < -0.39 is 0 Å². The third-order valence-corrected chi connectivity index (χ3v) is 4.89. The van der Waals surface area contributed by atoms with Gasteiger partial charge in [0.1, 0.15) is 0 Å². The molecule has 5 heteroatoms. The van der Waals surface area contributed by atoms with Gasteiger partial charge in [0.2, 0.25) is 0 Å². The highest BCUT2D eigenvalue weighted by Gasteiger charge is 2.24. The second kappa shape index (κ2) is 4.55. The van der Waals surface area contributed by atoms with Crippen molar-refractivity contribution >= 4 is 27.3 Å². The minimum Gasteiger partial charge on any atom is -0.309 e. The maximum Gasteiger partial charge on any atom is 0.0880 e. The summed E-state index contributed by atoms with van der Waals surface area (Å²) >= 11 is 5.27. The van der Waals surface area contributed by atoms with Crippen LogP contribution in [0, 0.1) is 6.92 Å². The monoisotopic (exact) mass is 311 g/mol. The molecule has 0 spiro atoms. The van der Waals surface area contributed by atoms with Gasteiger partial charge in [0.15, 0.2) is 0 Å². The summed E-state index contributed by atoms with van der Waals surface area (Å²) in [5.41, 5.74) is 3.61. The molecule has 0 aromatic carbocycles. The van der Waals surface area contributed by atoms with Crippen molar-refractivity contribution in [2.75, 3.05) is 6.54 Å². The molecule has 0 bridgehead atoms. The van der Waals surface area contributed by atoms with Crippen molar-refractivity contribution < 1.29 is 0 Å². The lowest BCUT2D eigenvalue weighted by Crippen LogP contribution is -2.14. The zero-order valence-corrected chi connectivity index (χ0v) is 12.0. The van der Waals surface area contributed by atoms with Crippen molar-refractivity contribution in [3.05, 3.63) is 27.3 Å². The molecular weight excluding hydrogens is 298 g/mol. The van der Waals surface area contributed by atoms with E-state index in [2.05, 4.69) is 49.8 Å². The van der Waals surface area contributed by atoms with Crippen LogP contribution in [0.15, 0.2) is 15.9 Å². The molecule has 0 amide bonds. The molecule has 3 nitrogen and oxygen atoms in total. The molecule has 1 aliphatic heterocycles. The van der Waals surface area contributed by atoms with Crippen molar-refractivity contribution in [1.82, 2.24) is 15.5 Å². The van der Waals surface area contributed by atoms with Gasteiger partial charge in [-0.05, 0) is 48.3 Å². The molecule has 3 heterocycles. The lowest BCUT2D eigenvalue weighted by Gasteiger charge is -2.09. The van der Waals surface area contributed by atoms with Crippen LogP contribution in [-0.2, 0) is 0 Å². The molecule has 0 aliphatic carbocycles. The Labute approximate surface area is 113 Å². The maximum atomic E-state index is 4.49. The van der Waals surface area contributed by atoms with E-state index in [0.29, 0.717) is 6.04 Å². The van der Waals surface area contributed by atoms with Crippen molar-refractivity contribution in [3.8, 4) is 10.4 Å². The first-order valence-electron chi connectivity index (χ1n) is 5.78. The Bertz CT molecular complexity index is 526. The molecule has 17 heavy (non-hydrogen) atoms. The van der Waals surface area contributed by atoms with E-state index >= 15 is 0 Å². The number of hydrogen-bond acceptors (Lipinski definition) is 3. The van der Waals surface area contributed by atoms with E-state index in [1.165, 1.54) is 29.0 Å². The zero-order valence-electron chi connectivity index (χ0n) is 9.59. The van der Waals surface area contributed by atoms with Crippen LogP contribution in [0.5, 0.6) is 0 Å². The summed E-state index contributed by atoms with van der Waals surface area (Å²) in [6.45, 7) is 3.19. The predicted molar refractivity (Wildman–Crippen MR) is 74.3 cm³/mol. The lowest BCUT2D eigenvalue weighted by atomic mass is 10.0. The maximum absolute atomic E-state index is 4.49. The van der Waals surface area contributed by atoms with Crippen LogP contribution in [0.2, 0.25) is 0 Å². The van der Waals surface area contributed by atoms with Gasteiger partial charge in [-0.3, -0.25) is 5.10 Å². The fourth-order valence-corrected chi connectivity index (χ4v) is 3.91. The SMILES string of the molecule is Cc1[nH]nc(C2CCCN2)c1-c1cc(Br)cs1. The smallest absolute Gasteiger partial charge is 0.0880 e. The second-order valence-corrected chi connectivity index (χ2v) is 6.21. The Balaban J connectivity index is 2.05. The summed E-state index contributed by atoms with van der Waals surface area (Å²) in [5, 5.41) is 13.2. The molecule has 0 saturated carbocycles. The molecule has 1 aliphatic rings. The highest BCUT2D eigenvalue weighted by Crippen LogP contribution is 2.37. The summed E-state index contributed by atoms with van der Waals surface area (Å²) in [7, 11) is 0. The topological polar surface area (TPSA) is 40.7 Å². The zero-order chi connectivity index (χ0) is 11.8. The van der Waals surface area contributed by atoms with E-state index in [1.807, 2.05) is 0 Å². The van der Waals surface area contributed by atoms with E-state index in [1.54, 1.807) is 11.3 Å². The molecule has 2 N–H and O–H groups in total. The third kappa shape index (κ3) is 2.07. The first-order chi connectivity index (χ1) is 8.25. The van der Waals surface area contributed by atoms with E-state index in [9.17, 15) is 0 Å². The average Bonchev–Trinajstić information content (AvgIpc) is 2.97. The highest BCUT2D eigenvalue weighted by atomic mass is 79.9. The summed E-state index contributed by atoms with van der Waals surface area (Å²) in [6.07, 6.45) is 2.42. The van der Waals surface area contributed by atoms with Gasteiger partial charge in [-0.25, -0.2) is 0 Å². The number of hydrogen-bond donors (Lipinski definition) is 2. The van der Waals surface area contributed by atoms with E-state index in [-0.39, 0.29) is 0 Å². The molecule has 2 aromatic heterocycles. The summed E-state index contributed by atoms with van der Waals surface area (Å²) in [6, 6.07) is 2.58. The number of aromatic nitrogens is 2. The molecule has 90 valence electrons. The van der Waals surface area contributed by atoms with Crippen molar-refractivity contribution in [2.45, 2.75) is 25.8 Å². The Morgan fingerprint density at radius 1 is 1.53 bits per heavy atom. The minimum atomic E-state index is 0.413. The van der Waals surface area contributed by atoms with Crippen molar-refractivity contribution in [2.24, 2.45) is 0 Å². The molecule has 3 rings (SSSR count). The standard InChI is InChI=1S/C12H14BrN3S/c1-7-11(10-5-8(13)6-17-10)12(16-15-7)9-3-2-4-14-9/h5-6,9,14H,2-4H2,1H3,(H,15,16). The van der Waals surface area contributed by atoms with Crippen molar-refractivity contribution in [1.29, 1.82) is 0 Å². The van der Waals surface area contributed by atoms with Crippen LogP contribution in [0.4, 0.5) is 0 Å². The number of aromatic amines is 1. The summed E-state index contributed by atoms with van der Waals surface area (Å²) in [4.78, 5) is 1.28. The van der Waals surface area contributed by atoms with Crippen LogP contribution in [0.25, 0.3) is 10.4 Å². The normalized spacial score (nSPS) is 20.0. The summed E-state index contributed by atoms with van der Waals surface area (Å²) < 4.78 is 1.14. The van der Waals surface area contributed by atoms with Gasteiger partial charge in [-0.15, -0.1) is 11.3 Å². The number of aryl methyl sites for hydroxylation is 1. The molecule has 2 aromatic rings. The van der Waals surface area contributed by atoms with E-state index in [4.69, 9.17) is 0 Å². The molecule has 1 atom stereocenters. The van der Waals surface area contributed by atoms with Crippen LogP contribution < -0.4 is 5.32 Å². The van der Waals surface area contributed by atoms with Gasteiger partial charge in [0.25, 0.3) is 0 Å². The predicted octanol–water partition coefficient (Wildman–Crippen LogP) is 3.63. The Morgan fingerprint density at radius 2 is 2.41 bits per heavy atom. The fourth-order valence-electron chi connectivity index (χ4n) is 2.37. The Kier molecular flexibility index (Phi) is 3.06. The third-order valence-electron chi connectivity index (χ3n) is 3.18. The van der Waals surface area contributed by atoms with Gasteiger partial charge < -0.3 is 5.32 Å². The number of nitrogens with zero attached hydrogens (tertiary/aromatic N) is 1. The average molecular weight is 312 g/mol. The Hall–Kier alpha value is -0.650. The first kappa shape index (κ1) is 11.4. The van der Waals surface area contributed by atoms with Gasteiger partial charge in [-0.1, -0.05) is 0 Å². The van der Waals surface area contributed by atoms with Gasteiger partial charge in [0, 0.05) is 26.0 Å². The molecule has 1 fully saturated rings. The van der Waals surface area contributed by atoms with Gasteiger partial charge in [0.05, 0.1) is 11.7 Å². The van der Waals surface area contributed by atoms with E-state index in [0.717, 1.165) is 16.7 Å². The summed E-state index contributed by atoms with van der Waals surface area (Å²) in [5.74, 6) is 0. The van der Waals surface area contributed by atoms with Gasteiger partial charge >= 0.3 is 0 Å². The number of nitrogens with one attached hydrogen (secondary N) is 2. The van der Waals surface area contributed by atoms with Crippen LogP contribution >= 0.6 is 27.3 Å². The fraction of sp³-hybridized carbons (Fsp3) is 0.417.